The number of imidazole rings is 1. The van der Waals surface area contributed by atoms with E-state index in [1.54, 1.807) is 11.5 Å². The van der Waals surface area contributed by atoms with Gasteiger partial charge in [-0.1, -0.05) is 0 Å². The summed E-state index contributed by atoms with van der Waals surface area (Å²) in [4.78, 5) is 40.6. The predicted octanol–water partition coefficient (Wildman–Crippen LogP) is -0.260. The molecule has 3 rings (SSSR count). The van der Waals surface area contributed by atoms with Gasteiger partial charge in [0, 0.05) is 13.0 Å². The Balaban J connectivity index is 1.81. The summed E-state index contributed by atoms with van der Waals surface area (Å²) in [6, 6.07) is 0. The maximum absolute atomic E-state index is 11.9. The maximum Gasteiger partial charge on any atom is 0.350 e. The quantitative estimate of drug-likeness (QED) is 0.581. The molecule has 2 aromatic heterocycles. The Morgan fingerprint density at radius 1 is 1.52 bits per heavy atom. The van der Waals surface area contributed by atoms with E-state index < -0.39 is 26.3 Å². The zero-order valence-corrected chi connectivity index (χ0v) is 14.5. The molecule has 0 unspecified atom stereocenters. The summed E-state index contributed by atoms with van der Waals surface area (Å²) in [5.41, 5.74) is 0.241. The molecule has 12 heteroatoms. The van der Waals surface area contributed by atoms with Crippen LogP contribution in [-0.2, 0) is 18.8 Å². The highest BCUT2D eigenvalue weighted by molar-refractivity contribution is 7.51. The lowest BCUT2D eigenvalue weighted by Crippen LogP contribution is -2.30. The van der Waals surface area contributed by atoms with Crippen LogP contribution in [0.5, 0.6) is 0 Å². The van der Waals surface area contributed by atoms with Gasteiger partial charge in [-0.25, -0.2) is 9.97 Å². The van der Waals surface area contributed by atoms with Gasteiger partial charge in [0.05, 0.1) is 19.5 Å². The number of hydrogen-bond acceptors (Lipinski definition) is 7. The van der Waals surface area contributed by atoms with Crippen LogP contribution < -0.4 is 5.56 Å². The van der Waals surface area contributed by atoms with Gasteiger partial charge in [-0.3, -0.25) is 13.9 Å². The average molecular weight is 374 g/mol. The molecule has 25 heavy (non-hydrogen) atoms. The Hall–Kier alpha value is -1.62. The molecule has 1 saturated heterocycles. The third-order valence-corrected chi connectivity index (χ3v) is 4.43. The van der Waals surface area contributed by atoms with Crippen molar-refractivity contribution in [3.63, 3.8) is 0 Å². The van der Waals surface area contributed by atoms with Crippen LogP contribution in [0.15, 0.2) is 11.1 Å². The fourth-order valence-corrected chi connectivity index (χ4v) is 3.22. The molecule has 0 saturated carbocycles. The van der Waals surface area contributed by atoms with Gasteiger partial charge in [0.1, 0.15) is 18.3 Å². The second kappa shape index (κ2) is 6.94. The van der Waals surface area contributed by atoms with Gasteiger partial charge in [0.2, 0.25) is 0 Å². The topological polar surface area (TPSA) is 149 Å². The summed E-state index contributed by atoms with van der Waals surface area (Å²) in [5.74, 6) is 0.217. The van der Waals surface area contributed by atoms with Crippen LogP contribution >= 0.6 is 7.60 Å². The normalized spacial score (nSPS) is 24.2. The predicted molar refractivity (Wildman–Crippen MR) is 85.0 cm³/mol. The Bertz CT molecular complexity index is 860. The van der Waals surface area contributed by atoms with E-state index in [-0.39, 0.29) is 30.2 Å². The van der Waals surface area contributed by atoms with Crippen LogP contribution in [0.25, 0.3) is 11.2 Å². The molecule has 0 radical (unpaired) electrons. The number of hydrogen-bond donors (Lipinski definition) is 3. The summed E-state index contributed by atoms with van der Waals surface area (Å²) in [7, 11) is -2.72. The molecule has 11 nitrogen and oxygen atoms in total. The average Bonchev–Trinajstić information content (AvgIpc) is 3.09. The van der Waals surface area contributed by atoms with Crippen molar-refractivity contribution in [2.24, 2.45) is 5.92 Å². The molecular formula is C13H19N4O7P. The zero-order chi connectivity index (χ0) is 18.2. The minimum absolute atomic E-state index is 0.0692. The van der Waals surface area contributed by atoms with Gasteiger partial charge < -0.3 is 29.0 Å². The highest BCUT2D eigenvalue weighted by Gasteiger charge is 2.40. The van der Waals surface area contributed by atoms with Crippen LogP contribution in [0, 0.1) is 12.8 Å². The van der Waals surface area contributed by atoms with Crippen molar-refractivity contribution in [3.8, 4) is 0 Å². The summed E-state index contributed by atoms with van der Waals surface area (Å²) in [6.45, 7) is 2.01. The van der Waals surface area contributed by atoms with E-state index in [0.29, 0.717) is 11.5 Å². The van der Waals surface area contributed by atoms with Crippen LogP contribution in [0.2, 0.25) is 0 Å². The van der Waals surface area contributed by atoms with E-state index in [0.717, 1.165) is 0 Å². The first kappa shape index (κ1) is 18.2. The third-order valence-electron chi connectivity index (χ3n) is 3.92. The van der Waals surface area contributed by atoms with Crippen molar-refractivity contribution < 1.29 is 28.6 Å². The van der Waals surface area contributed by atoms with Crippen molar-refractivity contribution in [2.75, 3.05) is 26.7 Å². The smallest absolute Gasteiger partial charge is 0.350 e. The molecule has 138 valence electrons. The van der Waals surface area contributed by atoms with E-state index in [1.165, 1.54) is 13.4 Å². The first-order chi connectivity index (χ1) is 11.8. The lowest BCUT2D eigenvalue weighted by atomic mass is 10.1. The van der Waals surface area contributed by atoms with Crippen molar-refractivity contribution >= 4 is 18.8 Å². The van der Waals surface area contributed by atoms with E-state index in [9.17, 15) is 9.36 Å². The van der Waals surface area contributed by atoms with Gasteiger partial charge in [-0.05, 0) is 6.92 Å². The number of methoxy groups -OCH3 is 1. The molecule has 0 spiro atoms. The molecule has 3 N–H and O–H groups in total. The standard InChI is InChI=1S/C13H19N4O7P/c1-7-15-11-9(12(18)16-7)14-5-17(11)13-10(22-2)8(4-24-13)3-23-6-25(19,20)21/h5,8,10,13H,3-4,6H2,1-2H3,(H,15,16,18)(H2,19,20,21)/t8-,10+,13+/m0/s1. The number of aromatic amines is 1. The minimum atomic E-state index is -4.22. The number of rotatable bonds is 6. The van der Waals surface area contributed by atoms with Gasteiger partial charge in [0.25, 0.3) is 5.56 Å². The van der Waals surface area contributed by atoms with Gasteiger partial charge in [0.15, 0.2) is 17.4 Å². The molecule has 3 heterocycles. The van der Waals surface area contributed by atoms with Crippen LogP contribution in [0.3, 0.4) is 0 Å². The number of H-pyrrole nitrogens is 1. The largest absolute Gasteiger partial charge is 0.376 e. The van der Waals surface area contributed by atoms with E-state index in [1.807, 2.05) is 0 Å². The van der Waals surface area contributed by atoms with Crippen LogP contribution in [-0.4, -0.2) is 62.1 Å². The highest BCUT2D eigenvalue weighted by atomic mass is 31.2. The molecular weight excluding hydrogens is 355 g/mol. The lowest BCUT2D eigenvalue weighted by Gasteiger charge is -2.22. The first-order valence-corrected chi connectivity index (χ1v) is 9.30. The Kier molecular flexibility index (Phi) is 5.05. The number of fused-ring (bicyclic) bond motifs is 1. The number of nitrogens with zero attached hydrogens (tertiary/aromatic N) is 3. The Labute approximate surface area is 142 Å². The summed E-state index contributed by atoms with van der Waals surface area (Å²) >= 11 is 0. The molecule has 0 aromatic carbocycles. The monoisotopic (exact) mass is 374 g/mol. The molecule has 1 fully saturated rings. The molecule has 0 amide bonds. The van der Waals surface area contributed by atoms with Crippen LogP contribution in [0.4, 0.5) is 0 Å². The van der Waals surface area contributed by atoms with E-state index in [4.69, 9.17) is 24.0 Å². The fourth-order valence-electron chi connectivity index (χ4n) is 2.88. The van der Waals surface area contributed by atoms with Crippen molar-refractivity contribution in [3.05, 3.63) is 22.5 Å². The zero-order valence-electron chi connectivity index (χ0n) is 13.7. The third kappa shape index (κ3) is 3.81. The molecule has 3 atom stereocenters. The fraction of sp³-hybridized carbons (Fsp3) is 0.615. The van der Waals surface area contributed by atoms with E-state index in [2.05, 4.69) is 15.0 Å². The summed E-state index contributed by atoms with van der Waals surface area (Å²) in [6.07, 6.45) is -0.223. The molecule has 2 aromatic rings. The second-order valence-electron chi connectivity index (χ2n) is 5.82. The lowest BCUT2D eigenvalue weighted by molar-refractivity contribution is -0.0361. The first-order valence-electron chi connectivity index (χ1n) is 7.50. The van der Waals surface area contributed by atoms with Gasteiger partial charge in [-0.15, -0.1) is 0 Å². The van der Waals surface area contributed by atoms with E-state index >= 15 is 0 Å². The van der Waals surface area contributed by atoms with Crippen molar-refractivity contribution in [1.82, 2.24) is 19.5 Å². The second-order valence-corrected chi connectivity index (χ2v) is 7.41. The summed E-state index contributed by atoms with van der Waals surface area (Å²) in [5, 5.41) is 0. The minimum Gasteiger partial charge on any atom is -0.376 e. The Morgan fingerprint density at radius 2 is 2.28 bits per heavy atom. The molecule has 1 aliphatic heterocycles. The number of nitrogens with one attached hydrogen (secondary N) is 1. The SMILES string of the molecule is CO[C@@H]1[C@@H](COCP(=O)(O)O)CO[C@H]1n1cnc2c(=O)[nH]c(C)nc21. The van der Waals surface area contributed by atoms with Crippen LogP contribution in [0.1, 0.15) is 12.1 Å². The number of aryl methyl sites for hydroxylation is 1. The number of aromatic nitrogens is 4. The molecule has 0 bridgehead atoms. The van der Waals surface area contributed by atoms with Crippen molar-refractivity contribution in [2.45, 2.75) is 19.3 Å². The highest BCUT2D eigenvalue weighted by Crippen LogP contribution is 2.36. The summed E-state index contributed by atoms with van der Waals surface area (Å²) < 4.78 is 28.8. The Morgan fingerprint density at radius 3 is 2.96 bits per heavy atom. The number of ether oxygens (including phenoxy) is 3. The van der Waals surface area contributed by atoms with Crippen molar-refractivity contribution in [1.29, 1.82) is 0 Å². The maximum atomic E-state index is 11.9. The van der Waals surface area contributed by atoms with Gasteiger partial charge >= 0.3 is 7.60 Å². The molecule has 0 aliphatic carbocycles. The molecule has 1 aliphatic rings. The van der Waals surface area contributed by atoms with Gasteiger partial charge in [-0.2, -0.15) is 0 Å².